The number of hydrogen-bond donors (Lipinski definition) is 0. The Hall–Kier alpha value is -2.08. The zero-order valence-electron chi connectivity index (χ0n) is 11.3. The third-order valence-electron chi connectivity index (χ3n) is 2.68. The number of furan rings is 1. The van der Waals surface area contributed by atoms with Gasteiger partial charge in [0, 0.05) is 39.5 Å². The summed E-state index contributed by atoms with van der Waals surface area (Å²) in [7, 11) is 5.15. The summed E-state index contributed by atoms with van der Waals surface area (Å²) in [6.07, 6.45) is 3.62. The second-order valence-electron chi connectivity index (χ2n) is 4.38. The van der Waals surface area contributed by atoms with Crippen molar-refractivity contribution in [3.8, 4) is 0 Å². The van der Waals surface area contributed by atoms with E-state index >= 15 is 0 Å². The highest BCUT2D eigenvalue weighted by atomic mass is 16.5. The van der Waals surface area contributed by atoms with E-state index in [0.29, 0.717) is 24.7 Å². The number of nitrogens with zero attached hydrogens (tertiary/aromatic N) is 3. The van der Waals surface area contributed by atoms with Crippen molar-refractivity contribution in [2.45, 2.75) is 13.2 Å². The Bertz CT molecular complexity index is 559. The molecule has 0 radical (unpaired) electrons. The largest absolute Gasteiger partial charge is 0.453 e. The Morgan fingerprint density at radius 1 is 1.53 bits per heavy atom. The predicted molar refractivity (Wildman–Crippen MR) is 68.4 cm³/mol. The van der Waals surface area contributed by atoms with E-state index in [-0.39, 0.29) is 5.91 Å². The van der Waals surface area contributed by atoms with Crippen LogP contribution in [0.1, 0.15) is 21.9 Å². The highest BCUT2D eigenvalue weighted by molar-refractivity contribution is 5.91. The second kappa shape index (κ2) is 5.71. The van der Waals surface area contributed by atoms with Gasteiger partial charge in [0.15, 0.2) is 5.76 Å². The Balaban J connectivity index is 2.01. The number of rotatable bonds is 5. The monoisotopic (exact) mass is 263 g/mol. The van der Waals surface area contributed by atoms with Gasteiger partial charge >= 0.3 is 0 Å². The minimum absolute atomic E-state index is 0.161. The van der Waals surface area contributed by atoms with Gasteiger partial charge in [-0.1, -0.05) is 0 Å². The van der Waals surface area contributed by atoms with Gasteiger partial charge in [0.1, 0.15) is 12.4 Å². The molecule has 102 valence electrons. The van der Waals surface area contributed by atoms with Gasteiger partial charge in [0.25, 0.3) is 5.91 Å². The normalized spacial score (nSPS) is 10.7. The molecule has 2 aromatic rings. The van der Waals surface area contributed by atoms with Crippen LogP contribution in [0.5, 0.6) is 0 Å². The van der Waals surface area contributed by atoms with Gasteiger partial charge in [-0.3, -0.25) is 9.48 Å². The van der Waals surface area contributed by atoms with Gasteiger partial charge in [0.05, 0.1) is 6.20 Å². The molecule has 0 atom stereocenters. The van der Waals surface area contributed by atoms with Gasteiger partial charge in [-0.25, -0.2) is 0 Å². The van der Waals surface area contributed by atoms with Crippen molar-refractivity contribution in [3.63, 3.8) is 0 Å². The molecule has 1 amide bonds. The van der Waals surface area contributed by atoms with E-state index < -0.39 is 0 Å². The molecule has 6 nitrogen and oxygen atoms in total. The number of ether oxygens (including phenoxy) is 1. The van der Waals surface area contributed by atoms with Crippen LogP contribution in [0.3, 0.4) is 0 Å². The van der Waals surface area contributed by atoms with E-state index in [2.05, 4.69) is 5.10 Å². The number of amides is 1. The van der Waals surface area contributed by atoms with Crippen LogP contribution in [0.4, 0.5) is 0 Å². The lowest BCUT2D eigenvalue weighted by molar-refractivity contribution is 0.0745. The molecule has 0 unspecified atom stereocenters. The van der Waals surface area contributed by atoms with Gasteiger partial charge in [-0.15, -0.1) is 0 Å². The first-order valence-electron chi connectivity index (χ1n) is 5.91. The number of aromatic nitrogens is 2. The van der Waals surface area contributed by atoms with Gasteiger partial charge in [-0.2, -0.15) is 5.10 Å². The first-order valence-corrected chi connectivity index (χ1v) is 5.91. The van der Waals surface area contributed by atoms with Crippen molar-refractivity contribution in [1.82, 2.24) is 14.7 Å². The molecule has 0 spiro atoms. The smallest absolute Gasteiger partial charge is 0.289 e. The molecule has 0 aliphatic carbocycles. The molecular formula is C13H17N3O3. The topological polar surface area (TPSA) is 60.5 Å². The SMILES string of the molecule is COCc1ccc(C(=O)N(C)Cc2cnn(C)c2)o1. The van der Waals surface area contributed by atoms with Crippen LogP contribution in [0, 0.1) is 0 Å². The first kappa shape index (κ1) is 13.4. The molecule has 0 N–H and O–H groups in total. The van der Waals surface area contributed by atoms with Crippen molar-refractivity contribution in [3.05, 3.63) is 41.6 Å². The summed E-state index contributed by atoms with van der Waals surface area (Å²) in [6, 6.07) is 3.41. The molecule has 2 heterocycles. The molecule has 2 aromatic heterocycles. The zero-order valence-corrected chi connectivity index (χ0v) is 11.3. The third kappa shape index (κ3) is 3.23. The molecule has 0 aromatic carbocycles. The molecule has 2 rings (SSSR count). The maximum absolute atomic E-state index is 12.1. The average Bonchev–Trinajstić information content (AvgIpc) is 2.98. The lowest BCUT2D eigenvalue weighted by Crippen LogP contribution is -2.25. The van der Waals surface area contributed by atoms with Crippen molar-refractivity contribution < 1.29 is 13.9 Å². The molecule has 19 heavy (non-hydrogen) atoms. The average molecular weight is 263 g/mol. The minimum Gasteiger partial charge on any atom is -0.453 e. The quantitative estimate of drug-likeness (QED) is 0.818. The van der Waals surface area contributed by atoms with Crippen LogP contribution in [-0.4, -0.2) is 34.7 Å². The van der Waals surface area contributed by atoms with E-state index in [1.165, 1.54) is 0 Å². The maximum atomic E-state index is 12.1. The van der Waals surface area contributed by atoms with E-state index in [4.69, 9.17) is 9.15 Å². The molecule has 6 heteroatoms. The number of aryl methyl sites for hydroxylation is 1. The summed E-state index contributed by atoms with van der Waals surface area (Å²) in [5, 5.41) is 4.07. The van der Waals surface area contributed by atoms with Crippen LogP contribution in [0.25, 0.3) is 0 Å². The molecule has 0 aliphatic heterocycles. The maximum Gasteiger partial charge on any atom is 0.289 e. The summed E-state index contributed by atoms with van der Waals surface area (Å²) >= 11 is 0. The minimum atomic E-state index is -0.161. The van der Waals surface area contributed by atoms with Crippen molar-refractivity contribution in [2.24, 2.45) is 7.05 Å². The lowest BCUT2D eigenvalue weighted by Gasteiger charge is -2.14. The molecule has 0 aliphatic rings. The van der Waals surface area contributed by atoms with Crippen LogP contribution in [0.2, 0.25) is 0 Å². The summed E-state index contributed by atoms with van der Waals surface area (Å²) in [4.78, 5) is 13.7. The number of methoxy groups -OCH3 is 1. The summed E-state index contributed by atoms with van der Waals surface area (Å²) in [5.41, 5.74) is 0.974. The van der Waals surface area contributed by atoms with Crippen molar-refractivity contribution in [2.75, 3.05) is 14.2 Å². The van der Waals surface area contributed by atoms with Crippen LogP contribution >= 0.6 is 0 Å². The Morgan fingerprint density at radius 2 is 2.32 bits per heavy atom. The summed E-state index contributed by atoms with van der Waals surface area (Å²) in [5.74, 6) is 0.797. The fraction of sp³-hybridized carbons (Fsp3) is 0.385. The first-order chi connectivity index (χ1) is 9.10. The lowest BCUT2D eigenvalue weighted by atomic mass is 10.3. The predicted octanol–water partition coefficient (Wildman–Crippen LogP) is 1.43. The van der Waals surface area contributed by atoms with E-state index in [9.17, 15) is 4.79 Å². The van der Waals surface area contributed by atoms with Crippen LogP contribution in [0.15, 0.2) is 28.9 Å². The highest BCUT2D eigenvalue weighted by Gasteiger charge is 2.16. The Labute approximate surface area is 111 Å². The molecule has 0 saturated heterocycles. The number of carbonyl (C=O) groups excluding carboxylic acids is 1. The van der Waals surface area contributed by atoms with Crippen LogP contribution in [-0.2, 0) is 24.9 Å². The van der Waals surface area contributed by atoms with E-state index in [1.54, 1.807) is 42.1 Å². The standard InChI is InChI=1S/C13H17N3O3/c1-15(7-10-6-14-16(2)8-10)13(17)12-5-4-11(19-12)9-18-3/h4-6,8H,7,9H2,1-3H3. The second-order valence-corrected chi connectivity index (χ2v) is 4.38. The van der Waals surface area contributed by atoms with Gasteiger partial charge < -0.3 is 14.1 Å². The summed E-state index contributed by atoms with van der Waals surface area (Å²) < 4.78 is 12.1. The van der Waals surface area contributed by atoms with Crippen molar-refractivity contribution >= 4 is 5.91 Å². The Morgan fingerprint density at radius 3 is 2.95 bits per heavy atom. The van der Waals surface area contributed by atoms with Gasteiger partial charge in [-0.05, 0) is 12.1 Å². The molecule has 0 fully saturated rings. The van der Waals surface area contributed by atoms with Crippen LogP contribution < -0.4 is 0 Å². The fourth-order valence-corrected chi connectivity index (χ4v) is 1.80. The fourth-order valence-electron chi connectivity index (χ4n) is 1.80. The zero-order chi connectivity index (χ0) is 13.8. The van der Waals surface area contributed by atoms with Gasteiger partial charge in [0.2, 0.25) is 0 Å². The number of carbonyl (C=O) groups is 1. The van der Waals surface area contributed by atoms with E-state index in [0.717, 1.165) is 5.56 Å². The summed E-state index contributed by atoms with van der Waals surface area (Å²) in [6.45, 7) is 0.854. The Kier molecular flexibility index (Phi) is 4.01. The third-order valence-corrected chi connectivity index (χ3v) is 2.68. The number of hydrogen-bond acceptors (Lipinski definition) is 4. The molecular weight excluding hydrogens is 246 g/mol. The molecule has 0 bridgehead atoms. The van der Waals surface area contributed by atoms with Crippen molar-refractivity contribution in [1.29, 1.82) is 0 Å². The molecule has 0 saturated carbocycles. The highest BCUT2D eigenvalue weighted by Crippen LogP contribution is 2.12. The van der Waals surface area contributed by atoms with E-state index in [1.807, 2.05) is 13.2 Å².